The maximum absolute atomic E-state index is 13.4. The van der Waals surface area contributed by atoms with Crippen molar-refractivity contribution in [3.8, 4) is 0 Å². The van der Waals surface area contributed by atoms with E-state index in [9.17, 15) is 9.59 Å². The van der Waals surface area contributed by atoms with Gasteiger partial charge in [0.05, 0.1) is 47.4 Å². The van der Waals surface area contributed by atoms with Gasteiger partial charge in [0, 0.05) is 43.4 Å². The van der Waals surface area contributed by atoms with Crippen molar-refractivity contribution in [2.75, 3.05) is 6.54 Å². The molecule has 0 aliphatic carbocycles. The molecule has 0 saturated carbocycles. The number of aryl methyl sites for hydroxylation is 1. The zero-order valence-corrected chi connectivity index (χ0v) is 19.3. The zero-order valence-electron chi connectivity index (χ0n) is 17.8. The fourth-order valence-corrected chi connectivity index (χ4v) is 4.72. The number of hydrogen-bond donors (Lipinski definition) is 0. The molecular formula is C22H22Cl2N6O2. The lowest BCUT2D eigenvalue weighted by Crippen LogP contribution is -2.44. The van der Waals surface area contributed by atoms with Crippen LogP contribution in [-0.2, 0) is 33.1 Å². The number of nitrogens with zero attached hydrogens (tertiary/aromatic N) is 6. The van der Waals surface area contributed by atoms with E-state index in [0.717, 1.165) is 17.0 Å². The predicted molar refractivity (Wildman–Crippen MR) is 120 cm³/mol. The van der Waals surface area contributed by atoms with Gasteiger partial charge in [-0.15, -0.1) is 0 Å². The molecule has 1 atom stereocenters. The summed E-state index contributed by atoms with van der Waals surface area (Å²) in [5, 5.41) is 5.45. The molecule has 8 nitrogen and oxygen atoms in total. The molecule has 3 aromatic rings. The van der Waals surface area contributed by atoms with E-state index in [1.54, 1.807) is 39.0 Å². The molecule has 166 valence electrons. The van der Waals surface area contributed by atoms with E-state index in [0.29, 0.717) is 53.9 Å². The quantitative estimate of drug-likeness (QED) is 0.586. The van der Waals surface area contributed by atoms with Crippen molar-refractivity contribution < 1.29 is 9.59 Å². The molecule has 2 aliphatic heterocycles. The van der Waals surface area contributed by atoms with Crippen LogP contribution < -0.4 is 0 Å². The lowest BCUT2D eigenvalue weighted by Gasteiger charge is -2.34. The Kier molecular flexibility index (Phi) is 5.22. The monoisotopic (exact) mass is 472 g/mol. The van der Waals surface area contributed by atoms with Gasteiger partial charge in [-0.1, -0.05) is 23.2 Å². The third kappa shape index (κ3) is 3.57. The molecule has 4 heterocycles. The first kappa shape index (κ1) is 21.0. The van der Waals surface area contributed by atoms with Crippen LogP contribution in [0.4, 0.5) is 0 Å². The summed E-state index contributed by atoms with van der Waals surface area (Å²) >= 11 is 12.1. The summed E-state index contributed by atoms with van der Waals surface area (Å²) in [6, 6.07) is 4.83. The first-order valence-electron chi connectivity index (χ1n) is 10.4. The second-order valence-corrected chi connectivity index (χ2v) is 9.18. The van der Waals surface area contributed by atoms with Crippen LogP contribution in [0.15, 0.2) is 30.7 Å². The van der Waals surface area contributed by atoms with Crippen LogP contribution in [0.1, 0.15) is 44.7 Å². The fraction of sp³-hybridized carbons (Fsp3) is 0.364. The van der Waals surface area contributed by atoms with Gasteiger partial charge in [0.1, 0.15) is 5.69 Å². The van der Waals surface area contributed by atoms with E-state index >= 15 is 0 Å². The van der Waals surface area contributed by atoms with Crippen LogP contribution >= 0.6 is 23.2 Å². The Hall–Kier alpha value is -2.84. The highest BCUT2D eigenvalue weighted by Gasteiger charge is 2.37. The standard InChI is InChI=1S/C22H22Cl2N6O2/c1-13-7-19-16(11-29(13)21(31)14-3-4-17(23)18(24)8-14)20-22(32)28(5-6-30(20)26-19)10-15-9-27(2)12-25-15/h3-4,8-9,12-13H,5-7,10-11H2,1-2H3/t13-/m1/s1. The number of fused-ring (bicyclic) bond motifs is 3. The first-order valence-corrected chi connectivity index (χ1v) is 11.2. The number of hydrogen-bond acceptors (Lipinski definition) is 4. The molecule has 1 aromatic carbocycles. The molecular weight excluding hydrogens is 451 g/mol. The number of imidazole rings is 1. The summed E-state index contributed by atoms with van der Waals surface area (Å²) < 4.78 is 3.66. The summed E-state index contributed by atoms with van der Waals surface area (Å²) in [4.78, 5) is 34.5. The van der Waals surface area contributed by atoms with E-state index in [1.807, 2.05) is 24.7 Å². The highest BCUT2D eigenvalue weighted by Crippen LogP contribution is 2.31. The number of aromatic nitrogens is 4. The number of amides is 2. The average Bonchev–Trinajstić information content (AvgIpc) is 3.33. The van der Waals surface area contributed by atoms with Crippen LogP contribution in [-0.4, -0.2) is 53.5 Å². The fourth-order valence-electron chi connectivity index (χ4n) is 4.42. The molecule has 0 N–H and O–H groups in total. The van der Waals surface area contributed by atoms with Gasteiger partial charge in [0.15, 0.2) is 0 Å². The molecule has 32 heavy (non-hydrogen) atoms. The third-order valence-electron chi connectivity index (χ3n) is 6.09. The van der Waals surface area contributed by atoms with Crippen molar-refractivity contribution >= 4 is 35.0 Å². The molecule has 0 unspecified atom stereocenters. The number of benzene rings is 1. The molecule has 0 saturated heterocycles. The maximum atomic E-state index is 13.4. The number of carbonyl (C=O) groups excluding carboxylic acids is 2. The van der Waals surface area contributed by atoms with Crippen LogP contribution in [0.25, 0.3) is 0 Å². The SMILES string of the molecule is C[C@@H]1Cc2nn3c(c2CN1C(=O)c1ccc(Cl)c(Cl)c1)C(=O)N(Cc1cn(C)cn1)CC3. The molecule has 2 aromatic heterocycles. The zero-order chi connectivity index (χ0) is 22.6. The summed E-state index contributed by atoms with van der Waals surface area (Å²) in [6.07, 6.45) is 4.23. The Morgan fingerprint density at radius 1 is 1.22 bits per heavy atom. The van der Waals surface area contributed by atoms with Gasteiger partial charge < -0.3 is 14.4 Å². The Morgan fingerprint density at radius 2 is 2.03 bits per heavy atom. The highest BCUT2D eigenvalue weighted by molar-refractivity contribution is 6.42. The van der Waals surface area contributed by atoms with E-state index in [1.165, 1.54) is 0 Å². The minimum Gasteiger partial charge on any atom is -0.340 e. The van der Waals surface area contributed by atoms with Crippen molar-refractivity contribution in [3.05, 3.63) is 69.0 Å². The number of halogens is 2. The minimum atomic E-state index is -0.143. The summed E-state index contributed by atoms with van der Waals surface area (Å²) in [5.74, 6) is -0.220. The van der Waals surface area contributed by atoms with Gasteiger partial charge >= 0.3 is 0 Å². The molecule has 0 radical (unpaired) electrons. The molecule has 10 heteroatoms. The molecule has 5 rings (SSSR count). The highest BCUT2D eigenvalue weighted by atomic mass is 35.5. The summed E-state index contributed by atoms with van der Waals surface area (Å²) in [7, 11) is 1.90. The summed E-state index contributed by atoms with van der Waals surface area (Å²) in [5.41, 5.74) is 3.60. The van der Waals surface area contributed by atoms with Gasteiger partial charge in [-0.25, -0.2) is 4.98 Å². The molecule has 0 spiro atoms. The molecule has 0 bridgehead atoms. The van der Waals surface area contributed by atoms with Crippen molar-refractivity contribution in [1.82, 2.24) is 29.1 Å². The normalized spacial score (nSPS) is 18.0. The molecule has 2 amide bonds. The van der Waals surface area contributed by atoms with Gasteiger partial charge in [0.25, 0.3) is 11.8 Å². The van der Waals surface area contributed by atoms with E-state index in [-0.39, 0.29) is 17.9 Å². The van der Waals surface area contributed by atoms with Crippen LogP contribution in [0.2, 0.25) is 10.0 Å². The number of rotatable bonds is 3. The van der Waals surface area contributed by atoms with Crippen molar-refractivity contribution in [3.63, 3.8) is 0 Å². The first-order chi connectivity index (χ1) is 15.3. The van der Waals surface area contributed by atoms with Crippen molar-refractivity contribution in [1.29, 1.82) is 0 Å². The second-order valence-electron chi connectivity index (χ2n) is 8.37. The predicted octanol–water partition coefficient (Wildman–Crippen LogP) is 3.17. The van der Waals surface area contributed by atoms with Crippen LogP contribution in [0.5, 0.6) is 0 Å². The molecule has 2 aliphatic rings. The lowest BCUT2D eigenvalue weighted by molar-refractivity contribution is 0.0636. The van der Waals surface area contributed by atoms with Gasteiger partial charge in [-0.05, 0) is 25.1 Å². The number of carbonyl (C=O) groups is 2. The van der Waals surface area contributed by atoms with Gasteiger partial charge in [0.2, 0.25) is 0 Å². The van der Waals surface area contributed by atoms with E-state index in [4.69, 9.17) is 28.3 Å². The second kappa shape index (κ2) is 7.94. The largest absolute Gasteiger partial charge is 0.340 e. The maximum Gasteiger partial charge on any atom is 0.272 e. The Labute approximate surface area is 195 Å². The van der Waals surface area contributed by atoms with Gasteiger partial charge in [-0.3, -0.25) is 14.3 Å². The topological polar surface area (TPSA) is 76.3 Å². The van der Waals surface area contributed by atoms with Crippen LogP contribution in [0, 0.1) is 0 Å². The average molecular weight is 473 g/mol. The Balaban J connectivity index is 1.43. The van der Waals surface area contributed by atoms with Crippen LogP contribution in [0.3, 0.4) is 0 Å². The van der Waals surface area contributed by atoms with E-state index in [2.05, 4.69) is 4.98 Å². The molecule has 0 fully saturated rings. The van der Waals surface area contributed by atoms with E-state index < -0.39 is 0 Å². The summed E-state index contributed by atoms with van der Waals surface area (Å²) in [6.45, 7) is 3.96. The Bertz CT molecular complexity index is 1230. The van der Waals surface area contributed by atoms with Crippen molar-refractivity contribution in [2.45, 2.75) is 39.0 Å². The minimum absolute atomic E-state index is 0.0545. The van der Waals surface area contributed by atoms with Crippen molar-refractivity contribution in [2.24, 2.45) is 7.05 Å². The smallest absolute Gasteiger partial charge is 0.272 e. The van der Waals surface area contributed by atoms with Gasteiger partial charge in [-0.2, -0.15) is 5.10 Å². The third-order valence-corrected chi connectivity index (χ3v) is 6.83. The lowest BCUT2D eigenvalue weighted by atomic mass is 9.97. The Morgan fingerprint density at radius 3 is 2.75 bits per heavy atom.